The Morgan fingerprint density at radius 1 is 1.59 bits per heavy atom. The van der Waals surface area contributed by atoms with Gasteiger partial charge in [0, 0.05) is 8.59 Å². The van der Waals surface area contributed by atoms with Gasteiger partial charge in [-0.25, -0.2) is 0 Å². The second-order valence-electron chi connectivity index (χ2n) is 4.02. The molecular weight excluding hydrogens is 351 g/mol. The highest BCUT2D eigenvalue weighted by Crippen LogP contribution is 2.22. The standard InChI is InChI=1S/C12H16ClIN2O/c1-3-7(2)11(15)12(17)16-10-5-4-8(13)6-9(10)14/h4-7,11H,3,15H2,1-2H3,(H,16,17)/t7-,11-/m0/s1. The summed E-state index contributed by atoms with van der Waals surface area (Å²) in [5, 5.41) is 3.47. The SMILES string of the molecule is CC[C@H](C)[C@H](N)C(=O)Nc1ccc(Cl)cc1I. The topological polar surface area (TPSA) is 55.1 Å². The minimum atomic E-state index is -0.480. The van der Waals surface area contributed by atoms with Crippen LogP contribution < -0.4 is 11.1 Å². The predicted octanol–water partition coefficient (Wildman–Crippen LogP) is 3.26. The van der Waals surface area contributed by atoms with Gasteiger partial charge in [0.1, 0.15) is 0 Å². The molecule has 3 N–H and O–H groups in total. The first-order valence-corrected chi connectivity index (χ1v) is 6.92. The molecule has 0 heterocycles. The molecule has 1 amide bonds. The summed E-state index contributed by atoms with van der Waals surface area (Å²) in [6.45, 7) is 3.99. The Labute approximate surface area is 120 Å². The van der Waals surface area contributed by atoms with E-state index in [1.165, 1.54) is 0 Å². The summed E-state index contributed by atoms with van der Waals surface area (Å²) in [6.07, 6.45) is 0.881. The van der Waals surface area contributed by atoms with Crippen molar-refractivity contribution in [3.8, 4) is 0 Å². The fraction of sp³-hybridized carbons (Fsp3) is 0.417. The molecule has 1 rings (SSSR count). The predicted molar refractivity (Wildman–Crippen MR) is 80.2 cm³/mol. The maximum absolute atomic E-state index is 11.9. The van der Waals surface area contributed by atoms with Crippen LogP contribution in [0.4, 0.5) is 5.69 Å². The van der Waals surface area contributed by atoms with Crippen molar-refractivity contribution in [3.05, 3.63) is 26.8 Å². The molecule has 0 saturated heterocycles. The molecule has 0 unspecified atom stereocenters. The Bertz CT molecular complexity index is 411. The van der Waals surface area contributed by atoms with Crippen LogP contribution in [0.3, 0.4) is 0 Å². The first kappa shape index (κ1) is 14.7. The van der Waals surface area contributed by atoms with E-state index in [0.29, 0.717) is 5.02 Å². The van der Waals surface area contributed by atoms with Gasteiger partial charge < -0.3 is 11.1 Å². The number of carbonyl (C=O) groups is 1. The molecule has 3 nitrogen and oxygen atoms in total. The Morgan fingerprint density at radius 3 is 2.76 bits per heavy atom. The second kappa shape index (κ2) is 6.56. The Kier molecular flexibility index (Phi) is 5.69. The summed E-state index contributed by atoms with van der Waals surface area (Å²) >= 11 is 7.98. The van der Waals surface area contributed by atoms with Gasteiger partial charge in [0.2, 0.25) is 5.91 Å². The molecule has 0 aliphatic rings. The van der Waals surface area contributed by atoms with E-state index in [2.05, 4.69) is 27.9 Å². The lowest BCUT2D eigenvalue weighted by Gasteiger charge is -2.18. The number of carbonyl (C=O) groups excluding carboxylic acids is 1. The summed E-state index contributed by atoms with van der Waals surface area (Å²) in [6, 6.07) is 4.85. The molecule has 0 spiro atoms. The number of anilines is 1. The third-order valence-electron chi connectivity index (χ3n) is 2.75. The number of hydrogen-bond donors (Lipinski definition) is 2. The molecule has 0 aliphatic carbocycles. The van der Waals surface area contributed by atoms with Crippen molar-refractivity contribution in [2.45, 2.75) is 26.3 Å². The van der Waals surface area contributed by atoms with E-state index < -0.39 is 6.04 Å². The largest absolute Gasteiger partial charge is 0.324 e. The van der Waals surface area contributed by atoms with Crippen LogP contribution in [0.25, 0.3) is 0 Å². The number of amides is 1. The van der Waals surface area contributed by atoms with Crippen molar-refractivity contribution in [3.63, 3.8) is 0 Å². The van der Waals surface area contributed by atoms with Crippen LogP contribution in [0.15, 0.2) is 18.2 Å². The molecule has 2 atom stereocenters. The average molecular weight is 367 g/mol. The fourth-order valence-electron chi connectivity index (χ4n) is 1.32. The number of halogens is 2. The van der Waals surface area contributed by atoms with Crippen molar-refractivity contribution in [2.24, 2.45) is 11.7 Å². The summed E-state index contributed by atoms with van der Waals surface area (Å²) in [5.74, 6) is 0.0135. The second-order valence-corrected chi connectivity index (χ2v) is 5.62. The van der Waals surface area contributed by atoms with Crippen LogP contribution in [0.2, 0.25) is 5.02 Å². The number of nitrogens with two attached hydrogens (primary N) is 1. The highest BCUT2D eigenvalue weighted by Gasteiger charge is 2.19. The van der Waals surface area contributed by atoms with Crippen LogP contribution in [-0.2, 0) is 4.79 Å². The van der Waals surface area contributed by atoms with Crippen molar-refractivity contribution in [1.29, 1.82) is 0 Å². The lowest BCUT2D eigenvalue weighted by atomic mass is 9.99. The molecule has 0 aliphatic heterocycles. The molecular formula is C12H16ClIN2O. The van der Waals surface area contributed by atoms with Crippen molar-refractivity contribution in [2.75, 3.05) is 5.32 Å². The first-order chi connectivity index (χ1) is 7.95. The van der Waals surface area contributed by atoms with Gasteiger partial charge in [-0.05, 0) is 46.7 Å². The van der Waals surface area contributed by atoms with E-state index >= 15 is 0 Å². The molecule has 0 aromatic heterocycles. The Balaban J connectivity index is 2.74. The van der Waals surface area contributed by atoms with Gasteiger partial charge in [-0.2, -0.15) is 0 Å². The van der Waals surface area contributed by atoms with E-state index in [0.717, 1.165) is 15.7 Å². The Morgan fingerprint density at radius 2 is 2.24 bits per heavy atom. The van der Waals surface area contributed by atoms with E-state index in [9.17, 15) is 4.79 Å². The third-order valence-corrected chi connectivity index (χ3v) is 3.88. The molecule has 0 radical (unpaired) electrons. The highest BCUT2D eigenvalue weighted by molar-refractivity contribution is 14.1. The third kappa shape index (κ3) is 4.12. The van der Waals surface area contributed by atoms with Crippen LogP contribution in [0.1, 0.15) is 20.3 Å². The zero-order chi connectivity index (χ0) is 13.0. The Hall–Kier alpha value is -0.330. The maximum Gasteiger partial charge on any atom is 0.241 e. The smallest absolute Gasteiger partial charge is 0.241 e. The molecule has 94 valence electrons. The van der Waals surface area contributed by atoms with Gasteiger partial charge in [-0.15, -0.1) is 0 Å². The molecule has 1 aromatic rings. The van der Waals surface area contributed by atoms with Gasteiger partial charge >= 0.3 is 0 Å². The lowest BCUT2D eigenvalue weighted by Crippen LogP contribution is -2.40. The van der Waals surface area contributed by atoms with Crippen LogP contribution in [0, 0.1) is 9.49 Å². The van der Waals surface area contributed by atoms with Gasteiger partial charge in [0.05, 0.1) is 11.7 Å². The van der Waals surface area contributed by atoms with Gasteiger partial charge in [0.15, 0.2) is 0 Å². The van der Waals surface area contributed by atoms with Gasteiger partial charge in [-0.3, -0.25) is 4.79 Å². The van der Waals surface area contributed by atoms with Crippen LogP contribution in [-0.4, -0.2) is 11.9 Å². The molecule has 1 aromatic carbocycles. The molecule has 0 bridgehead atoms. The number of benzene rings is 1. The summed E-state index contributed by atoms with van der Waals surface area (Å²) in [5.41, 5.74) is 6.61. The maximum atomic E-state index is 11.9. The van der Waals surface area contributed by atoms with Gasteiger partial charge in [-0.1, -0.05) is 31.9 Å². The monoisotopic (exact) mass is 366 g/mol. The van der Waals surface area contributed by atoms with Crippen LogP contribution >= 0.6 is 34.2 Å². The molecule has 0 fully saturated rings. The minimum absolute atomic E-state index is 0.153. The van der Waals surface area contributed by atoms with Crippen molar-refractivity contribution < 1.29 is 4.79 Å². The van der Waals surface area contributed by atoms with E-state index in [-0.39, 0.29) is 11.8 Å². The summed E-state index contributed by atoms with van der Waals surface area (Å²) in [7, 11) is 0. The molecule has 17 heavy (non-hydrogen) atoms. The number of hydrogen-bond acceptors (Lipinski definition) is 2. The average Bonchev–Trinajstić information content (AvgIpc) is 2.30. The zero-order valence-electron chi connectivity index (χ0n) is 9.84. The number of nitrogens with one attached hydrogen (secondary N) is 1. The van der Waals surface area contributed by atoms with Gasteiger partial charge in [0.25, 0.3) is 0 Å². The summed E-state index contributed by atoms with van der Waals surface area (Å²) in [4.78, 5) is 11.9. The van der Waals surface area contributed by atoms with E-state index in [1.54, 1.807) is 18.2 Å². The van der Waals surface area contributed by atoms with Crippen molar-refractivity contribution >= 4 is 45.8 Å². The molecule has 5 heteroatoms. The fourth-order valence-corrected chi connectivity index (χ4v) is 2.33. The van der Waals surface area contributed by atoms with Crippen molar-refractivity contribution in [1.82, 2.24) is 0 Å². The van der Waals surface area contributed by atoms with E-state index in [1.807, 2.05) is 13.8 Å². The molecule has 0 saturated carbocycles. The normalized spacial score (nSPS) is 14.2. The quantitative estimate of drug-likeness (QED) is 0.804. The minimum Gasteiger partial charge on any atom is -0.324 e. The zero-order valence-corrected chi connectivity index (χ0v) is 12.7. The number of rotatable bonds is 4. The lowest BCUT2D eigenvalue weighted by molar-refractivity contribution is -0.118. The van der Waals surface area contributed by atoms with E-state index in [4.69, 9.17) is 17.3 Å². The highest BCUT2D eigenvalue weighted by atomic mass is 127. The summed E-state index contributed by atoms with van der Waals surface area (Å²) < 4.78 is 0.903. The first-order valence-electron chi connectivity index (χ1n) is 5.47. The van der Waals surface area contributed by atoms with Crippen LogP contribution in [0.5, 0.6) is 0 Å².